The Labute approximate surface area is 149 Å². The van der Waals surface area contributed by atoms with Crippen LogP contribution < -0.4 is 5.32 Å². The summed E-state index contributed by atoms with van der Waals surface area (Å²) in [4.78, 5) is 16.5. The number of amides is 1. The lowest BCUT2D eigenvalue weighted by Gasteiger charge is -2.32. The maximum Gasteiger partial charge on any atom is 0.248 e. The highest BCUT2D eigenvalue weighted by atomic mass is 16.3. The van der Waals surface area contributed by atoms with Gasteiger partial charge in [-0.3, -0.25) is 14.6 Å². The summed E-state index contributed by atoms with van der Waals surface area (Å²) < 4.78 is 0. The minimum atomic E-state index is -0.244. The fourth-order valence-electron chi connectivity index (χ4n) is 2.82. The summed E-state index contributed by atoms with van der Waals surface area (Å²) >= 11 is 0. The van der Waals surface area contributed by atoms with Crippen molar-refractivity contribution in [3.63, 3.8) is 0 Å². The zero-order valence-corrected chi connectivity index (χ0v) is 15.1. The van der Waals surface area contributed by atoms with E-state index in [9.17, 15) is 9.90 Å². The van der Waals surface area contributed by atoms with Gasteiger partial charge in [0.2, 0.25) is 5.91 Å². The van der Waals surface area contributed by atoms with Gasteiger partial charge in [0.05, 0.1) is 6.17 Å². The van der Waals surface area contributed by atoms with E-state index in [0.29, 0.717) is 5.56 Å². The number of nitrogens with one attached hydrogen (secondary N) is 1. The number of phenolic OH excluding ortho intramolecular Hbond substituents is 1. The van der Waals surface area contributed by atoms with Crippen LogP contribution in [0.5, 0.6) is 5.75 Å². The number of carbonyl (C=O) groups excluding carboxylic acids is 1. The van der Waals surface area contributed by atoms with E-state index in [1.807, 2.05) is 58.5 Å². The fraction of sp³-hybridized carbons (Fsp3) is 0.250. The van der Waals surface area contributed by atoms with Crippen molar-refractivity contribution in [2.24, 2.45) is 0 Å². The number of anilines is 1. The third kappa shape index (κ3) is 4.92. The second kappa shape index (κ2) is 8.46. The van der Waals surface area contributed by atoms with Crippen LogP contribution in [0.3, 0.4) is 0 Å². The highest BCUT2D eigenvalue weighted by molar-refractivity contribution is 6.02. The van der Waals surface area contributed by atoms with Crippen molar-refractivity contribution < 1.29 is 9.90 Å². The van der Waals surface area contributed by atoms with Gasteiger partial charge in [-0.15, -0.1) is 0 Å². The van der Waals surface area contributed by atoms with Gasteiger partial charge in [-0.1, -0.05) is 36.4 Å². The molecule has 0 aromatic heterocycles. The summed E-state index contributed by atoms with van der Waals surface area (Å²) in [6.07, 6.45) is 3.06. The SMILES string of the molecule is CN(C)C(c1ccccc1NC(=O)/C=C/c1ccccc1O)N(C)C. The van der Waals surface area contributed by atoms with Crippen LogP contribution in [-0.2, 0) is 4.79 Å². The molecule has 0 bridgehead atoms. The lowest BCUT2D eigenvalue weighted by molar-refractivity contribution is -0.111. The van der Waals surface area contributed by atoms with Crippen LogP contribution in [0.4, 0.5) is 5.69 Å². The molecular weight excluding hydrogens is 314 g/mol. The molecule has 0 radical (unpaired) electrons. The molecule has 2 N–H and O–H groups in total. The number of rotatable bonds is 6. The van der Waals surface area contributed by atoms with Crippen LogP contribution in [0.2, 0.25) is 0 Å². The minimum Gasteiger partial charge on any atom is -0.507 e. The molecule has 25 heavy (non-hydrogen) atoms. The Kier molecular flexibility index (Phi) is 6.33. The van der Waals surface area contributed by atoms with E-state index in [2.05, 4.69) is 15.1 Å². The van der Waals surface area contributed by atoms with Gasteiger partial charge in [0.1, 0.15) is 5.75 Å². The van der Waals surface area contributed by atoms with Gasteiger partial charge in [0.15, 0.2) is 0 Å². The summed E-state index contributed by atoms with van der Waals surface area (Å²) in [5.41, 5.74) is 2.38. The second-order valence-electron chi connectivity index (χ2n) is 6.27. The van der Waals surface area contributed by atoms with Gasteiger partial charge in [-0.05, 0) is 46.4 Å². The standard InChI is InChI=1S/C20H25N3O2/c1-22(2)20(23(3)4)16-10-6-7-11-17(16)21-19(25)14-13-15-9-5-8-12-18(15)24/h5-14,20,24H,1-4H3,(H,21,25)/b14-13+. The molecule has 0 heterocycles. The van der Waals surface area contributed by atoms with E-state index in [4.69, 9.17) is 0 Å². The summed E-state index contributed by atoms with van der Waals surface area (Å²) in [7, 11) is 8.01. The van der Waals surface area contributed by atoms with Gasteiger partial charge < -0.3 is 10.4 Å². The first kappa shape index (κ1) is 18.7. The molecule has 0 saturated heterocycles. The van der Waals surface area contributed by atoms with Crippen LogP contribution in [0.25, 0.3) is 6.08 Å². The molecular formula is C20H25N3O2. The van der Waals surface area contributed by atoms with E-state index >= 15 is 0 Å². The van der Waals surface area contributed by atoms with Crippen molar-refractivity contribution in [1.82, 2.24) is 9.80 Å². The largest absolute Gasteiger partial charge is 0.507 e. The molecule has 0 saturated carbocycles. The first-order valence-electron chi connectivity index (χ1n) is 8.09. The van der Waals surface area contributed by atoms with Gasteiger partial charge in [-0.25, -0.2) is 0 Å². The monoisotopic (exact) mass is 339 g/mol. The number of phenols is 1. The van der Waals surface area contributed by atoms with Crippen molar-refractivity contribution in [3.8, 4) is 5.75 Å². The van der Waals surface area contributed by atoms with Crippen LogP contribution in [0.15, 0.2) is 54.6 Å². The zero-order chi connectivity index (χ0) is 18.4. The maximum absolute atomic E-state index is 12.3. The average molecular weight is 339 g/mol. The molecule has 0 atom stereocenters. The first-order valence-corrected chi connectivity index (χ1v) is 8.09. The molecule has 0 unspecified atom stereocenters. The molecule has 5 nitrogen and oxygen atoms in total. The Morgan fingerprint density at radius 1 is 1.00 bits per heavy atom. The highest BCUT2D eigenvalue weighted by Gasteiger charge is 2.19. The Morgan fingerprint density at radius 3 is 2.24 bits per heavy atom. The molecule has 132 valence electrons. The fourth-order valence-corrected chi connectivity index (χ4v) is 2.82. The third-order valence-corrected chi connectivity index (χ3v) is 3.83. The molecule has 2 rings (SSSR count). The van der Waals surface area contributed by atoms with E-state index in [0.717, 1.165) is 11.3 Å². The topological polar surface area (TPSA) is 55.8 Å². The molecule has 1 amide bonds. The van der Waals surface area contributed by atoms with Crippen molar-refractivity contribution in [2.45, 2.75) is 6.17 Å². The quantitative estimate of drug-likeness (QED) is 0.627. The van der Waals surface area contributed by atoms with Crippen molar-refractivity contribution in [3.05, 3.63) is 65.7 Å². The van der Waals surface area contributed by atoms with Gasteiger partial charge >= 0.3 is 0 Å². The van der Waals surface area contributed by atoms with E-state index in [1.165, 1.54) is 6.08 Å². The number of hydrogen-bond donors (Lipinski definition) is 2. The first-order chi connectivity index (χ1) is 11.9. The lowest BCUT2D eigenvalue weighted by Crippen LogP contribution is -2.33. The lowest BCUT2D eigenvalue weighted by atomic mass is 10.1. The minimum absolute atomic E-state index is 0.0404. The predicted molar refractivity (Wildman–Crippen MR) is 102 cm³/mol. The number of para-hydroxylation sites is 2. The predicted octanol–water partition coefficient (Wildman–Crippen LogP) is 3.17. The Bertz CT molecular complexity index is 746. The molecule has 0 aliphatic rings. The van der Waals surface area contributed by atoms with E-state index in [1.54, 1.807) is 24.3 Å². The third-order valence-electron chi connectivity index (χ3n) is 3.83. The normalized spacial score (nSPS) is 11.6. The van der Waals surface area contributed by atoms with Crippen LogP contribution in [0.1, 0.15) is 17.3 Å². The number of aromatic hydroxyl groups is 1. The summed E-state index contributed by atoms with van der Waals surface area (Å²) in [6, 6.07) is 14.6. The Hall–Kier alpha value is -2.63. The summed E-state index contributed by atoms with van der Waals surface area (Å²) in [5, 5.41) is 12.7. The molecule has 0 fully saturated rings. The molecule has 0 spiro atoms. The van der Waals surface area contributed by atoms with E-state index in [-0.39, 0.29) is 17.8 Å². The average Bonchev–Trinajstić information content (AvgIpc) is 2.55. The number of hydrogen-bond acceptors (Lipinski definition) is 4. The van der Waals surface area contributed by atoms with Crippen molar-refractivity contribution in [2.75, 3.05) is 33.5 Å². The molecule has 0 aliphatic carbocycles. The highest BCUT2D eigenvalue weighted by Crippen LogP contribution is 2.27. The molecule has 5 heteroatoms. The zero-order valence-electron chi connectivity index (χ0n) is 15.1. The molecule has 2 aromatic carbocycles. The summed E-state index contributed by atoms with van der Waals surface area (Å²) in [5.74, 6) is -0.0980. The smallest absolute Gasteiger partial charge is 0.248 e. The van der Waals surface area contributed by atoms with Gasteiger partial charge in [0, 0.05) is 22.9 Å². The van der Waals surface area contributed by atoms with Crippen molar-refractivity contribution in [1.29, 1.82) is 0 Å². The van der Waals surface area contributed by atoms with Crippen LogP contribution in [0, 0.1) is 0 Å². The Balaban J connectivity index is 2.20. The summed E-state index contributed by atoms with van der Waals surface area (Å²) in [6.45, 7) is 0. The van der Waals surface area contributed by atoms with E-state index < -0.39 is 0 Å². The van der Waals surface area contributed by atoms with Gasteiger partial charge in [0.25, 0.3) is 0 Å². The molecule has 0 aliphatic heterocycles. The number of carbonyl (C=O) groups is 1. The van der Waals surface area contributed by atoms with Crippen molar-refractivity contribution >= 4 is 17.7 Å². The number of nitrogens with zero attached hydrogens (tertiary/aromatic N) is 2. The second-order valence-corrected chi connectivity index (χ2v) is 6.27. The molecule has 2 aromatic rings. The van der Waals surface area contributed by atoms with Gasteiger partial charge in [-0.2, -0.15) is 0 Å². The van der Waals surface area contributed by atoms with Crippen LogP contribution in [-0.4, -0.2) is 49.0 Å². The number of benzene rings is 2. The van der Waals surface area contributed by atoms with Crippen LogP contribution >= 0.6 is 0 Å². The Morgan fingerprint density at radius 2 is 1.60 bits per heavy atom. The maximum atomic E-state index is 12.3.